The van der Waals surface area contributed by atoms with E-state index in [2.05, 4.69) is 65.2 Å². The van der Waals surface area contributed by atoms with Crippen LogP contribution in [0.1, 0.15) is 30.4 Å². The molecule has 3 N–H and O–H groups in total. The molecule has 0 aromatic heterocycles. The van der Waals surface area contributed by atoms with Crippen molar-refractivity contribution in [3.8, 4) is 0 Å². The molecule has 0 unspecified atom stereocenters. The maximum Gasteiger partial charge on any atom is 0.222 e. The maximum atomic E-state index is 5.99. The Morgan fingerprint density at radius 3 is 2.37 bits per heavy atom. The molecule has 138 valence electrons. The van der Waals surface area contributed by atoms with Gasteiger partial charge in [-0.25, -0.2) is 4.99 Å². The van der Waals surface area contributed by atoms with Crippen molar-refractivity contribution in [3.63, 3.8) is 0 Å². The number of nitrogens with two attached hydrogens (primary N) is 1. The van der Waals surface area contributed by atoms with Crippen molar-refractivity contribution >= 4 is 17.4 Å². The molecule has 0 saturated heterocycles. The van der Waals surface area contributed by atoms with E-state index in [0.29, 0.717) is 5.82 Å². The smallest absolute Gasteiger partial charge is 0.222 e. The number of unbranched alkanes of at least 4 members (excludes halogenated alkanes) is 1. The van der Waals surface area contributed by atoms with Crippen molar-refractivity contribution in [2.75, 3.05) is 5.32 Å². The van der Waals surface area contributed by atoms with E-state index in [0.717, 1.165) is 42.7 Å². The summed E-state index contributed by atoms with van der Waals surface area (Å²) in [6, 6.07) is 18.7. The lowest BCUT2D eigenvalue weighted by Crippen LogP contribution is -2.12. The summed E-state index contributed by atoms with van der Waals surface area (Å²) in [7, 11) is 0. The second kappa shape index (κ2) is 8.99. The van der Waals surface area contributed by atoms with E-state index in [-0.39, 0.29) is 5.96 Å². The standard InChI is InChI=1S/C23H26N4/c1-17-12-14-20(15-13-17)25-22-16-18(2)21(26-23(24)27-22)11-7-6-10-19-8-4-3-5-9-19/h3-5,8-9,12-16,25H,2,6-7,10-11H2,1H3,(H2,24,27). The minimum atomic E-state index is 0.262. The van der Waals surface area contributed by atoms with E-state index in [4.69, 9.17) is 5.73 Å². The fraction of sp³-hybridized carbons (Fsp3) is 0.217. The van der Waals surface area contributed by atoms with Gasteiger partial charge >= 0.3 is 0 Å². The Balaban J connectivity index is 1.58. The third kappa shape index (κ3) is 5.68. The molecule has 27 heavy (non-hydrogen) atoms. The number of hydrogen-bond donors (Lipinski definition) is 2. The zero-order valence-corrected chi connectivity index (χ0v) is 15.8. The van der Waals surface area contributed by atoms with Gasteiger partial charge in [0, 0.05) is 5.69 Å². The van der Waals surface area contributed by atoms with Crippen LogP contribution in [0.2, 0.25) is 0 Å². The number of aryl methyl sites for hydroxylation is 2. The zero-order valence-electron chi connectivity index (χ0n) is 15.8. The topological polar surface area (TPSA) is 62.8 Å². The highest BCUT2D eigenvalue weighted by Crippen LogP contribution is 2.18. The number of nitrogens with one attached hydrogen (secondary N) is 1. The maximum absolute atomic E-state index is 5.99. The zero-order chi connectivity index (χ0) is 19.1. The minimum Gasteiger partial charge on any atom is -0.368 e. The Labute approximate surface area is 161 Å². The summed E-state index contributed by atoms with van der Waals surface area (Å²) >= 11 is 0. The lowest BCUT2D eigenvalue weighted by Gasteiger charge is -2.07. The van der Waals surface area contributed by atoms with Crippen LogP contribution in [-0.4, -0.2) is 11.7 Å². The van der Waals surface area contributed by atoms with E-state index < -0.39 is 0 Å². The van der Waals surface area contributed by atoms with E-state index >= 15 is 0 Å². The highest BCUT2D eigenvalue weighted by atomic mass is 15.1. The lowest BCUT2D eigenvalue weighted by molar-refractivity contribution is 0.762. The number of allylic oxidation sites excluding steroid dienone is 2. The van der Waals surface area contributed by atoms with E-state index in [1.807, 2.05) is 24.3 Å². The number of aliphatic imine (C=N–C) groups is 2. The molecule has 1 aliphatic rings. The molecule has 0 bridgehead atoms. The predicted molar refractivity (Wildman–Crippen MR) is 115 cm³/mol. The van der Waals surface area contributed by atoms with Gasteiger partial charge in [0.1, 0.15) is 5.82 Å². The minimum absolute atomic E-state index is 0.262. The highest BCUT2D eigenvalue weighted by molar-refractivity contribution is 6.09. The predicted octanol–water partition coefficient (Wildman–Crippen LogP) is 4.99. The van der Waals surface area contributed by atoms with Gasteiger partial charge in [0.2, 0.25) is 5.96 Å². The number of rotatable bonds is 7. The molecule has 1 heterocycles. The third-order valence-corrected chi connectivity index (χ3v) is 4.46. The van der Waals surface area contributed by atoms with Crippen LogP contribution < -0.4 is 11.1 Å². The monoisotopic (exact) mass is 358 g/mol. The largest absolute Gasteiger partial charge is 0.368 e. The summed E-state index contributed by atoms with van der Waals surface area (Å²) in [5.41, 5.74) is 11.3. The summed E-state index contributed by atoms with van der Waals surface area (Å²) in [6.45, 7) is 6.22. The molecule has 2 aromatic rings. The van der Waals surface area contributed by atoms with Gasteiger partial charge in [0.05, 0.1) is 5.71 Å². The molecular weight excluding hydrogens is 332 g/mol. The van der Waals surface area contributed by atoms with Crippen LogP contribution in [0, 0.1) is 6.92 Å². The SMILES string of the molecule is C=C1C=C(Nc2ccc(C)cc2)N=C(N)N=C1CCCCc1ccccc1. The van der Waals surface area contributed by atoms with Gasteiger partial charge in [-0.05, 0) is 62.0 Å². The van der Waals surface area contributed by atoms with Crippen molar-refractivity contribution in [1.29, 1.82) is 0 Å². The van der Waals surface area contributed by atoms with Crippen molar-refractivity contribution in [2.24, 2.45) is 15.7 Å². The normalized spacial score (nSPS) is 14.1. The Morgan fingerprint density at radius 1 is 0.926 bits per heavy atom. The van der Waals surface area contributed by atoms with Crippen LogP contribution in [0.25, 0.3) is 0 Å². The summed E-state index contributed by atoms with van der Waals surface area (Å²) < 4.78 is 0. The molecule has 1 aliphatic heterocycles. The van der Waals surface area contributed by atoms with Crippen LogP contribution in [-0.2, 0) is 6.42 Å². The average molecular weight is 358 g/mol. The van der Waals surface area contributed by atoms with Crippen LogP contribution in [0.15, 0.2) is 88.6 Å². The molecule has 4 heteroatoms. The van der Waals surface area contributed by atoms with Gasteiger partial charge in [0.25, 0.3) is 0 Å². The Hall–Kier alpha value is -3.14. The van der Waals surface area contributed by atoms with Gasteiger partial charge in [-0.3, -0.25) is 0 Å². The average Bonchev–Trinajstić information content (AvgIpc) is 2.79. The molecule has 0 aliphatic carbocycles. The first-order valence-electron chi connectivity index (χ1n) is 9.30. The molecular formula is C23H26N4. The van der Waals surface area contributed by atoms with Gasteiger partial charge in [-0.1, -0.05) is 54.6 Å². The first kappa shape index (κ1) is 18.6. The number of benzene rings is 2. The molecule has 2 aromatic carbocycles. The van der Waals surface area contributed by atoms with Crippen molar-refractivity contribution in [2.45, 2.75) is 32.6 Å². The first-order valence-corrected chi connectivity index (χ1v) is 9.30. The number of hydrogen-bond acceptors (Lipinski definition) is 4. The molecule has 0 fully saturated rings. The van der Waals surface area contributed by atoms with E-state index in [9.17, 15) is 0 Å². The van der Waals surface area contributed by atoms with Crippen molar-refractivity contribution in [3.05, 3.63) is 89.8 Å². The fourth-order valence-electron chi connectivity index (χ4n) is 2.97. The summed E-state index contributed by atoms with van der Waals surface area (Å²) in [5, 5.41) is 3.28. The van der Waals surface area contributed by atoms with Gasteiger partial charge in [-0.2, -0.15) is 4.99 Å². The summed E-state index contributed by atoms with van der Waals surface area (Å²) in [5.74, 6) is 0.918. The Morgan fingerprint density at radius 2 is 1.63 bits per heavy atom. The highest BCUT2D eigenvalue weighted by Gasteiger charge is 2.10. The lowest BCUT2D eigenvalue weighted by atomic mass is 10.0. The van der Waals surface area contributed by atoms with Gasteiger partial charge in [0.15, 0.2) is 0 Å². The second-order valence-electron chi connectivity index (χ2n) is 6.77. The van der Waals surface area contributed by atoms with Crippen LogP contribution in [0.5, 0.6) is 0 Å². The summed E-state index contributed by atoms with van der Waals surface area (Å²) in [4.78, 5) is 8.83. The molecule has 0 saturated carbocycles. The molecule has 3 rings (SSSR count). The van der Waals surface area contributed by atoms with E-state index in [1.165, 1.54) is 11.1 Å². The van der Waals surface area contributed by atoms with Crippen molar-refractivity contribution in [1.82, 2.24) is 0 Å². The molecule has 0 atom stereocenters. The molecule has 0 spiro atoms. The Bertz CT molecular complexity index is 874. The van der Waals surface area contributed by atoms with Gasteiger partial charge < -0.3 is 11.1 Å². The quantitative estimate of drug-likeness (QED) is 0.685. The molecule has 0 amide bonds. The molecule has 4 nitrogen and oxygen atoms in total. The van der Waals surface area contributed by atoms with Gasteiger partial charge in [-0.15, -0.1) is 0 Å². The third-order valence-electron chi connectivity index (χ3n) is 4.46. The summed E-state index contributed by atoms with van der Waals surface area (Å²) in [6.07, 6.45) is 5.96. The van der Waals surface area contributed by atoms with E-state index in [1.54, 1.807) is 0 Å². The fourth-order valence-corrected chi connectivity index (χ4v) is 2.97. The van der Waals surface area contributed by atoms with Crippen LogP contribution in [0.3, 0.4) is 0 Å². The Kier molecular flexibility index (Phi) is 6.21. The molecule has 0 radical (unpaired) electrons. The van der Waals surface area contributed by atoms with Crippen molar-refractivity contribution < 1.29 is 0 Å². The number of anilines is 1. The van der Waals surface area contributed by atoms with Crippen LogP contribution >= 0.6 is 0 Å². The second-order valence-corrected chi connectivity index (χ2v) is 6.77. The first-order chi connectivity index (χ1) is 13.1. The number of nitrogens with zero attached hydrogens (tertiary/aromatic N) is 2. The van der Waals surface area contributed by atoms with Crippen LogP contribution in [0.4, 0.5) is 5.69 Å². The number of guanidine groups is 1.